The van der Waals surface area contributed by atoms with Gasteiger partial charge in [0, 0.05) is 11.1 Å². The second kappa shape index (κ2) is 7.27. The van der Waals surface area contributed by atoms with Gasteiger partial charge in [-0.1, -0.05) is 23.8 Å². The van der Waals surface area contributed by atoms with Crippen molar-refractivity contribution < 1.29 is 4.42 Å². The van der Waals surface area contributed by atoms with Crippen LogP contribution in [0.15, 0.2) is 58.0 Å². The SMILES string of the molecule is Cc1ccc(-c2nnc(-c3cccc(N/N=C(\C#N)C(=N)N)c3)o2)cc1. The van der Waals surface area contributed by atoms with Crippen molar-refractivity contribution in [3.05, 3.63) is 54.1 Å². The van der Waals surface area contributed by atoms with Crippen LogP contribution in [-0.2, 0) is 0 Å². The van der Waals surface area contributed by atoms with Crippen LogP contribution in [0.25, 0.3) is 22.9 Å². The molecule has 0 bridgehead atoms. The summed E-state index contributed by atoms with van der Waals surface area (Å²) >= 11 is 0. The number of nitriles is 1. The largest absolute Gasteiger partial charge is 0.416 e. The monoisotopic (exact) mass is 345 g/mol. The Hall–Kier alpha value is -3.99. The fraction of sp³-hybridized carbons (Fsp3) is 0.0556. The summed E-state index contributed by atoms with van der Waals surface area (Å²) in [4.78, 5) is 0. The van der Waals surface area contributed by atoms with E-state index < -0.39 is 5.84 Å². The summed E-state index contributed by atoms with van der Waals surface area (Å²) in [5.41, 5.74) is 11.0. The third kappa shape index (κ3) is 3.73. The topological polar surface area (TPSA) is 137 Å². The molecule has 1 aromatic heterocycles. The predicted molar refractivity (Wildman–Crippen MR) is 98.5 cm³/mol. The van der Waals surface area contributed by atoms with Gasteiger partial charge in [0.05, 0.1) is 5.69 Å². The first-order valence-electron chi connectivity index (χ1n) is 7.66. The van der Waals surface area contributed by atoms with E-state index >= 15 is 0 Å². The summed E-state index contributed by atoms with van der Waals surface area (Å²) in [6.07, 6.45) is 0. The fourth-order valence-corrected chi connectivity index (χ4v) is 2.14. The lowest BCUT2D eigenvalue weighted by Gasteiger charge is -2.02. The quantitative estimate of drug-likeness (QED) is 0.369. The van der Waals surface area contributed by atoms with Crippen LogP contribution < -0.4 is 11.2 Å². The molecule has 0 atom stereocenters. The molecule has 8 nitrogen and oxygen atoms in total. The molecule has 0 amide bonds. The molecule has 0 aliphatic carbocycles. The van der Waals surface area contributed by atoms with Crippen LogP contribution in [0.5, 0.6) is 0 Å². The van der Waals surface area contributed by atoms with Gasteiger partial charge in [0.1, 0.15) is 6.07 Å². The van der Waals surface area contributed by atoms with Crippen molar-refractivity contribution in [3.8, 4) is 29.0 Å². The molecule has 3 aromatic rings. The lowest BCUT2D eigenvalue weighted by molar-refractivity contribution is 0.584. The Balaban J connectivity index is 1.84. The van der Waals surface area contributed by atoms with Crippen molar-refractivity contribution in [1.82, 2.24) is 10.2 Å². The van der Waals surface area contributed by atoms with E-state index in [2.05, 4.69) is 20.7 Å². The summed E-state index contributed by atoms with van der Waals surface area (Å²) in [6, 6.07) is 16.6. The molecular weight excluding hydrogens is 330 g/mol. The van der Waals surface area contributed by atoms with Crippen molar-refractivity contribution in [2.75, 3.05) is 5.43 Å². The number of nitrogens with zero attached hydrogens (tertiary/aromatic N) is 4. The van der Waals surface area contributed by atoms with Gasteiger partial charge in [-0.2, -0.15) is 10.4 Å². The Bertz CT molecular complexity index is 1010. The Morgan fingerprint density at radius 2 is 1.85 bits per heavy atom. The van der Waals surface area contributed by atoms with Crippen molar-refractivity contribution in [2.24, 2.45) is 10.8 Å². The van der Waals surface area contributed by atoms with E-state index in [4.69, 9.17) is 20.8 Å². The van der Waals surface area contributed by atoms with Gasteiger partial charge in [-0.15, -0.1) is 10.2 Å². The van der Waals surface area contributed by atoms with Gasteiger partial charge < -0.3 is 10.2 Å². The lowest BCUT2D eigenvalue weighted by Crippen LogP contribution is -2.21. The molecule has 0 spiro atoms. The van der Waals surface area contributed by atoms with Crippen LogP contribution in [0.1, 0.15) is 5.56 Å². The summed E-state index contributed by atoms with van der Waals surface area (Å²) in [7, 11) is 0. The Morgan fingerprint density at radius 3 is 2.50 bits per heavy atom. The molecule has 0 saturated carbocycles. The number of nitrogens with two attached hydrogens (primary N) is 1. The van der Waals surface area contributed by atoms with Crippen molar-refractivity contribution in [3.63, 3.8) is 0 Å². The maximum absolute atomic E-state index is 8.86. The molecule has 0 unspecified atom stereocenters. The van der Waals surface area contributed by atoms with Crippen LogP contribution in [0.4, 0.5) is 5.69 Å². The average Bonchev–Trinajstić information content (AvgIpc) is 3.13. The Kier molecular flexibility index (Phi) is 4.71. The molecule has 0 saturated heterocycles. The van der Waals surface area contributed by atoms with Gasteiger partial charge in [-0.3, -0.25) is 10.8 Å². The summed E-state index contributed by atoms with van der Waals surface area (Å²) < 4.78 is 5.74. The van der Waals surface area contributed by atoms with E-state index in [-0.39, 0.29) is 5.71 Å². The number of hydrazone groups is 1. The number of amidine groups is 1. The maximum Gasteiger partial charge on any atom is 0.248 e. The molecule has 2 aromatic carbocycles. The van der Waals surface area contributed by atoms with Gasteiger partial charge in [-0.25, -0.2) is 0 Å². The van der Waals surface area contributed by atoms with E-state index in [1.165, 1.54) is 0 Å². The smallest absolute Gasteiger partial charge is 0.248 e. The first kappa shape index (κ1) is 16.9. The zero-order chi connectivity index (χ0) is 18.5. The zero-order valence-electron chi connectivity index (χ0n) is 13.9. The lowest BCUT2D eigenvalue weighted by atomic mass is 10.1. The predicted octanol–water partition coefficient (Wildman–Crippen LogP) is 2.94. The third-order valence-electron chi connectivity index (χ3n) is 3.49. The highest BCUT2D eigenvalue weighted by Gasteiger charge is 2.11. The number of aromatic nitrogens is 2. The molecule has 26 heavy (non-hydrogen) atoms. The maximum atomic E-state index is 8.86. The van der Waals surface area contributed by atoms with Crippen LogP contribution >= 0.6 is 0 Å². The van der Waals surface area contributed by atoms with E-state index in [0.29, 0.717) is 23.0 Å². The molecule has 0 radical (unpaired) electrons. The van der Waals surface area contributed by atoms with Crippen LogP contribution in [-0.4, -0.2) is 21.7 Å². The van der Waals surface area contributed by atoms with Crippen molar-refractivity contribution >= 4 is 17.2 Å². The fourth-order valence-electron chi connectivity index (χ4n) is 2.14. The zero-order valence-corrected chi connectivity index (χ0v) is 13.9. The first-order valence-corrected chi connectivity index (χ1v) is 7.66. The van der Waals surface area contributed by atoms with Crippen molar-refractivity contribution in [1.29, 1.82) is 10.7 Å². The number of hydrogen-bond acceptors (Lipinski definition) is 7. The molecule has 0 aliphatic heterocycles. The summed E-state index contributed by atoms with van der Waals surface area (Å²) in [6.45, 7) is 2.01. The minimum Gasteiger partial charge on any atom is -0.416 e. The molecule has 0 aliphatic rings. The second-order valence-corrected chi connectivity index (χ2v) is 5.46. The third-order valence-corrected chi connectivity index (χ3v) is 3.49. The van der Waals surface area contributed by atoms with Gasteiger partial charge in [0.15, 0.2) is 5.84 Å². The molecule has 3 rings (SSSR count). The molecule has 8 heteroatoms. The minimum atomic E-state index is -0.407. The van der Waals surface area contributed by atoms with Gasteiger partial charge >= 0.3 is 0 Å². The second-order valence-electron chi connectivity index (χ2n) is 5.46. The van der Waals surface area contributed by atoms with E-state index in [0.717, 1.165) is 11.1 Å². The van der Waals surface area contributed by atoms with Crippen LogP contribution in [0.3, 0.4) is 0 Å². The highest BCUT2D eigenvalue weighted by Crippen LogP contribution is 2.25. The van der Waals surface area contributed by atoms with Gasteiger partial charge in [0.25, 0.3) is 0 Å². The summed E-state index contributed by atoms with van der Waals surface area (Å²) in [5, 5.41) is 28.1. The number of benzene rings is 2. The molecule has 1 heterocycles. The number of aryl methyl sites for hydroxylation is 1. The van der Waals surface area contributed by atoms with Crippen molar-refractivity contribution in [2.45, 2.75) is 6.92 Å². The Morgan fingerprint density at radius 1 is 1.15 bits per heavy atom. The Labute approximate surface area is 149 Å². The van der Waals surface area contributed by atoms with Gasteiger partial charge in [0.2, 0.25) is 17.5 Å². The van der Waals surface area contributed by atoms with Gasteiger partial charge in [-0.05, 0) is 37.3 Å². The summed E-state index contributed by atoms with van der Waals surface area (Å²) in [5.74, 6) is 0.385. The number of nitrogens with one attached hydrogen (secondary N) is 2. The number of hydrogen-bond donors (Lipinski definition) is 3. The average molecular weight is 345 g/mol. The van der Waals surface area contributed by atoms with E-state index in [1.54, 1.807) is 24.3 Å². The highest BCUT2D eigenvalue weighted by molar-refractivity contribution is 6.45. The molecule has 0 fully saturated rings. The highest BCUT2D eigenvalue weighted by atomic mass is 16.4. The van der Waals surface area contributed by atoms with E-state index in [1.807, 2.05) is 37.3 Å². The number of rotatable bonds is 5. The molecular formula is C18H15N7O. The molecule has 4 N–H and O–H groups in total. The van der Waals surface area contributed by atoms with E-state index in [9.17, 15) is 0 Å². The first-order chi connectivity index (χ1) is 12.6. The standard InChI is InChI=1S/C18H15N7O/c1-11-5-7-12(8-6-11)17-24-25-18(26-17)13-3-2-4-14(9-13)22-23-15(10-19)16(20)21/h2-9,22H,1H3,(H3,20,21)/b23-15+. The molecule has 128 valence electrons. The van der Waals surface area contributed by atoms with Crippen LogP contribution in [0, 0.1) is 23.7 Å². The normalized spacial score (nSPS) is 11.0. The number of anilines is 1. The van der Waals surface area contributed by atoms with Crippen LogP contribution in [0.2, 0.25) is 0 Å². The minimum absolute atomic E-state index is 0.199.